The predicted octanol–water partition coefficient (Wildman–Crippen LogP) is 1.46. The van der Waals surface area contributed by atoms with Gasteiger partial charge in [-0.1, -0.05) is 0 Å². The first kappa shape index (κ1) is 18.9. The number of benzene rings is 1. The second-order valence-corrected chi connectivity index (χ2v) is 7.03. The quantitative estimate of drug-likeness (QED) is 0.740. The average Bonchev–Trinajstić information content (AvgIpc) is 2.61. The first-order valence-corrected chi connectivity index (χ1v) is 9.32. The van der Waals surface area contributed by atoms with Gasteiger partial charge in [-0.3, -0.25) is 9.78 Å². The van der Waals surface area contributed by atoms with Gasteiger partial charge in [0.25, 0.3) is 0 Å². The molecule has 25 heavy (non-hydrogen) atoms. The monoisotopic (exact) mass is 363 g/mol. The van der Waals surface area contributed by atoms with E-state index in [1.165, 1.54) is 19.1 Å². The van der Waals surface area contributed by atoms with Gasteiger partial charge in [-0.25, -0.2) is 8.42 Å². The fourth-order valence-corrected chi connectivity index (χ4v) is 3.28. The molecular weight excluding hydrogens is 342 g/mol. The topological polar surface area (TPSA) is 97.4 Å². The summed E-state index contributed by atoms with van der Waals surface area (Å²) in [5, 5.41) is 2.68. The van der Waals surface area contributed by atoms with Gasteiger partial charge in [0.05, 0.1) is 17.5 Å². The molecule has 134 valence electrons. The van der Waals surface area contributed by atoms with Crippen LogP contribution in [0, 0.1) is 0 Å². The third kappa shape index (κ3) is 5.54. The van der Waals surface area contributed by atoms with E-state index in [9.17, 15) is 13.2 Å². The zero-order chi connectivity index (χ0) is 18.3. The van der Waals surface area contributed by atoms with E-state index < -0.39 is 22.0 Å². The van der Waals surface area contributed by atoms with Crippen LogP contribution in [0.3, 0.4) is 0 Å². The number of pyridine rings is 1. The second-order valence-electron chi connectivity index (χ2n) is 5.32. The summed E-state index contributed by atoms with van der Waals surface area (Å²) in [6.45, 7) is 4.14. The van der Waals surface area contributed by atoms with Gasteiger partial charge < -0.3 is 10.1 Å². The van der Waals surface area contributed by atoms with E-state index >= 15 is 0 Å². The molecule has 0 fully saturated rings. The number of sulfonamides is 1. The first-order valence-electron chi connectivity index (χ1n) is 7.84. The molecule has 0 saturated heterocycles. The number of nitrogens with one attached hydrogen (secondary N) is 2. The van der Waals surface area contributed by atoms with Gasteiger partial charge >= 0.3 is 0 Å². The van der Waals surface area contributed by atoms with E-state index in [4.69, 9.17) is 4.74 Å². The van der Waals surface area contributed by atoms with Crippen LogP contribution in [0.25, 0.3) is 0 Å². The highest BCUT2D eigenvalue weighted by molar-refractivity contribution is 7.89. The van der Waals surface area contributed by atoms with E-state index in [-0.39, 0.29) is 4.90 Å². The maximum atomic E-state index is 12.4. The van der Waals surface area contributed by atoms with Crippen molar-refractivity contribution in [3.63, 3.8) is 0 Å². The maximum Gasteiger partial charge on any atom is 0.241 e. The van der Waals surface area contributed by atoms with Gasteiger partial charge in [0.15, 0.2) is 0 Å². The number of rotatable bonds is 8. The predicted molar refractivity (Wildman–Crippen MR) is 93.5 cm³/mol. The lowest BCUT2D eigenvalue weighted by Crippen LogP contribution is -2.44. The molecule has 1 aromatic heterocycles. The van der Waals surface area contributed by atoms with E-state index in [0.29, 0.717) is 18.9 Å². The lowest BCUT2D eigenvalue weighted by molar-refractivity contribution is -0.122. The highest BCUT2D eigenvalue weighted by Crippen LogP contribution is 2.16. The zero-order valence-corrected chi connectivity index (χ0v) is 14.9. The van der Waals surface area contributed by atoms with Crippen LogP contribution in [0.2, 0.25) is 0 Å². The summed E-state index contributed by atoms with van der Waals surface area (Å²) < 4.78 is 32.4. The van der Waals surface area contributed by atoms with Crippen LogP contribution in [0.5, 0.6) is 5.75 Å². The molecule has 7 nitrogen and oxygen atoms in total. The molecule has 8 heteroatoms. The summed E-state index contributed by atoms with van der Waals surface area (Å²) >= 11 is 0. The summed E-state index contributed by atoms with van der Waals surface area (Å²) in [6.07, 6.45) is 3.25. The number of hydrogen-bond acceptors (Lipinski definition) is 5. The number of carbonyl (C=O) groups is 1. The summed E-state index contributed by atoms with van der Waals surface area (Å²) in [5.41, 5.74) is 0.880. The number of aromatic nitrogens is 1. The summed E-state index contributed by atoms with van der Waals surface area (Å²) in [6, 6.07) is 8.67. The van der Waals surface area contributed by atoms with Crippen LogP contribution in [0.15, 0.2) is 53.7 Å². The van der Waals surface area contributed by atoms with Crippen molar-refractivity contribution in [2.45, 2.75) is 31.3 Å². The third-order valence-corrected chi connectivity index (χ3v) is 4.94. The molecule has 0 radical (unpaired) electrons. The molecule has 0 bridgehead atoms. The zero-order valence-electron chi connectivity index (χ0n) is 14.1. The van der Waals surface area contributed by atoms with E-state index in [2.05, 4.69) is 15.0 Å². The number of ether oxygens (including phenoxy) is 1. The Hall–Kier alpha value is -2.45. The maximum absolute atomic E-state index is 12.4. The van der Waals surface area contributed by atoms with Gasteiger partial charge in [0, 0.05) is 18.9 Å². The van der Waals surface area contributed by atoms with Crippen molar-refractivity contribution < 1.29 is 17.9 Å². The van der Waals surface area contributed by atoms with Gasteiger partial charge in [-0.2, -0.15) is 4.72 Å². The molecular formula is C17H21N3O4S. The molecule has 2 aromatic rings. The molecule has 1 heterocycles. The van der Waals surface area contributed by atoms with Crippen molar-refractivity contribution in [3.8, 4) is 5.75 Å². The Morgan fingerprint density at radius 3 is 2.40 bits per heavy atom. The van der Waals surface area contributed by atoms with Crippen molar-refractivity contribution >= 4 is 15.9 Å². The van der Waals surface area contributed by atoms with Crippen molar-refractivity contribution in [2.24, 2.45) is 0 Å². The Kier molecular flexibility index (Phi) is 6.49. The van der Waals surface area contributed by atoms with Crippen LogP contribution in [0.4, 0.5) is 0 Å². The molecule has 1 amide bonds. The largest absolute Gasteiger partial charge is 0.494 e. The Balaban J connectivity index is 1.95. The highest BCUT2D eigenvalue weighted by atomic mass is 32.2. The highest BCUT2D eigenvalue weighted by Gasteiger charge is 2.21. The molecule has 0 aliphatic heterocycles. The summed E-state index contributed by atoms with van der Waals surface area (Å²) in [7, 11) is -3.80. The minimum atomic E-state index is -3.80. The van der Waals surface area contributed by atoms with Crippen LogP contribution in [-0.2, 0) is 21.4 Å². The fraction of sp³-hybridized carbons (Fsp3) is 0.294. The van der Waals surface area contributed by atoms with Crippen LogP contribution in [0.1, 0.15) is 19.4 Å². The molecule has 0 unspecified atom stereocenters. The van der Waals surface area contributed by atoms with E-state index in [1.807, 2.05) is 6.92 Å². The molecule has 0 saturated carbocycles. The molecule has 1 atom stereocenters. The van der Waals surface area contributed by atoms with Crippen molar-refractivity contribution in [1.82, 2.24) is 15.0 Å². The molecule has 0 aliphatic rings. The van der Waals surface area contributed by atoms with Gasteiger partial charge in [-0.15, -0.1) is 0 Å². The number of amides is 1. The molecule has 0 spiro atoms. The van der Waals surface area contributed by atoms with Crippen molar-refractivity contribution in [1.29, 1.82) is 0 Å². The lowest BCUT2D eigenvalue weighted by atomic mass is 10.2. The van der Waals surface area contributed by atoms with E-state index in [1.54, 1.807) is 36.7 Å². The number of nitrogens with zero attached hydrogens (tertiary/aromatic N) is 1. The van der Waals surface area contributed by atoms with E-state index in [0.717, 1.165) is 5.56 Å². The number of hydrogen-bond donors (Lipinski definition) is 2. The smallest absolute Gasteiger partial charge is 0.241 e. The Morgan fingerprint density at radius 2 is 1.80 bits per heavy atom. The van der Waals surface area contributed by atoms with Gasteiger partial charge in [0.2, 0.25) is 15.9 Å². The Bertz CT molecular complexity index is 792. The summed E-state index contributed by atoms with van der Waals surface area (Å²) in [4.78, 5) is 16.1. The van der Waals surface area contributed by atoms with Crippen molar-refractivity contribution in [3.05, 3.63) is 54.4 Å². The lowest BCUT2D eigenvalue weighted by Gasteiger charge is -2.15. The third-order valence-electron chi connectivity index (χ3n) is 3.39. The van der Waals surface area contributed by atoms with Crippen molar-refractivity contribution in [2.75, 3.05) is 6.61 Å². The number of carbonyl (C=O) groups excluding carboxylic acids is 1. The molecule has 1 aromatic carbocycles. The molecule has 0 aliphatic carbocycles. The van der Waals surface area contributed by atoms with Crippen LogP contribution >= 0.6 is 0 Å². The molecule has 2 rings (SSSR count). The standard InChI is InChI=1S/C17H21N3O4S/c1-3-24-15-4-6-16(7-5-15)25(22,23)20-13(2)17(21)19-12-14-8-10-18-11-9-14/h4-11,13,20H,3,12H2,1-2H3,(H,19,21)/t13-/m0/s1. The Morgan fingerprint density at radius 1 is 1.16 bits per heavy atom. The Labute approximate surface area is 147 Å². The first-order chi connectivity index (χ1) is 11.9. The SMILES string of the molecule is CCOc1ccc(S(=O)(=O)N[C@@H](C)C(=O)NCc2ccncc2)cc1. The van der Waals surface area contributed by atoms with Crippen LogP contribution < -0.4 is 14.8 Å². The molecule has 2 N–H and O–H groups in total. The average molecular weight is 363 g/mol. The van der Waals surface area contributed by atoms with Gasteiger partial charge in [-0.05, 0) is 55.8 Å². The van der Waals surface area contributed by atoms with Crippen LogP contribution in [-0.4, -0.2) is 32.0 Å². The fourth-order valence-electron chi connectivity index (χ4n) is 2.08. The minimum Gasteiger partial charge on any atom is -0.494 e. The minimum absolute atomic E-state index is 0.0738. The normalized spacial score (nSPS) is 12.4. The second kappa shape index (κ2) is 8.59. The van der Waals surface area contributed by atoms with Gasteiger partial charge in [0.1, 0.15) is 5.75 Å². The summed E-state index contributed by atoms with van der Waals surface area (Å²) in [5.74, 6) is 0.177.